The van der Waals surface area contributed by atoms with Crippen LogP contribution in [0.1, 0.15) is 5.56 Å². The van der Waals surface area contributed by atoms with Gasteiger partial charge in [0, 0.05) is 18.2 Å². The lowest BCUT2D eigenvalue weighted by Crippen LogP contribution is -1.99. The lowest BCUT2D eigenvalue weighted by molar-refractivity contribution is 1.13. The summed E-state index contributed by atoms with van der Waals surface area (Å²) in [5.74, 6) is 0.868. The second-order valence-corrected chi connectivity index (χ2v) is 4.89. The highest BCUT2D eigenvalue weighted by molar-refractivity contribution is 5.72. The van der Waals surface area contributed by atoms with Crippen LogP contribution in [-0.2, 0) is 0 Å². The zero-order valence-corrected chi connectivity index (χ0v) is 12.2. The molecule has 0 aliphatic carbocycles. The summed E-state index contributed by atoms with van der Waals surface area (Å²) in [6.07, 6.45) is 1.60. The first-order valence-corrected chi connectivity index (χ1v) is 6.95. The summed E-state index contributed by atoms with van der Waals surface area (Å²) >= 11 is 0. The van der Waals surface area contributed by atoms with Gasteiger partial charge < -0.3 is 5.32 Å². The van der Waals surface area contributed by atoms with Gasteiger partial charge in [-0.15, -0.1) is 0 Å². The molecule has 0 radical (unpaired) electrons. The van der Waals surface area contributed by atoms with Gasteiger partial charge in [-0.2, -0.15) is 0 Å². The molecule has 104 valence electrons. The molecule has 0 atom stereocenters. The smallest absolute Gasteiger partial charge is 0.132 e. The van der Waals surface area contributed by atoms with E-state index in [0.717, 1.165) is 22.6 Å². The molecule has 3 nitrogen and oxygen atoms in total. The van der Waals surface area contributed by atoms with Crippen molar-refractivity contribution in [2.75, 3.05) is 12.4 Å². The summed E-state index contributed by atoms with van der Waals surface area (Å²) in [4.78, 5) is 8.63. The van der Waals surface area contributed by atoms with Crippen LogP contribution in [0.15, 0.2) is 60.9 Å². The Morgan fingerprint density at radius 2 is 1.38 bits per heavy atom. The first-order valence-electron chi connectivity index (χ1n) is 6.95. The zero-order chi connectivity index (χ0) is 14.7. The van der Waals surface area contributed by atoms with Crippen molar-refractivity contribution in [3.63, 3.8) is 0 Å². The van der Waals surface area contributed by atoms with E-state index in [1.807, 2.05) is 20.0 Å². The number of nitrogens with zero attached hydrogens (tertiary/aromatic N) is 2. The van der Waals surface area contributed by atoms with Crippen LogP contribution in [0.4, 0.5) is 5.82 Å². The minimum Gasteiger partial charge on any atom is -0.373 e. The summed E-state index contributed by atoms with van der Waals surface area (Å²) < 4.78 is 0. The normalized spacial score (nSPS) is 10.4. The third-order valence-corrected chi connectivity index (χ3v) is 3.59. The third-order valence-electron chi connectivity index (χ3n) is 3.59. The topological polar surface area (TPSA) is 37.8 Å². The zero-order valence-electron chi connectivity index (χ0n) is 12.2. The van der Waals surface area contributed by atoms with Gasteiger partial charge in [-0.05, 0) is 18.1 Å². The molecule has 1 heterocycles. The van der Waals surface area contributed by atoms with E-state index in [9.17, 15) is 0 Å². The highest BCUT2D eigenvalue weighted by Crippen LogP contribution is 2.27. The summed E-state index contributed by atoms with van der Waals surface area (Å²) in [6.45, 7) is 2.03. The van der Waals surface area contributed by atoms with Crippen molar-refractivity contribution in [2.24, 2.45) is 0 Å². The largest absolute Gasteiger partial charge is 0.373 e. The standard InChI is InChI=1S/C18H17N3/c1-13-17(20-12-21-18(13)19-2)16-10-8-15(9-11-16)14-6-4-3-5-7-14/h3-12H,1-2H3,(H,19,20,21). The van der Waals surface area contributed by atoms with Crippen molar-refractivity contribution in [2.45, 2.75) is 6.92 Å². The molecule has 1 aromatic heterocycles. The molecule has 0 aliphatic heterocycles. The molecule has 0 saturated carbocycles. The Bertz CT molecular complexity index is 734. The van der Waals surface area contributed by atoms with E-state index >= 15 is 0 Å². The van der Waals surface area contributed by atoms with Crippen LogP contribution in [0.3, 0.4) is 0 Å². The molecule has 0 bridgehead atoms. The van der Waals surface area contributed by atoms with Crippen molar-refractivity contribution >= 4 is 5.82 Å². The quantitative estimate of drug-likeness (QED) is 0.780. The van der Waals surface area contributed by atoms with Crippen LogP contribution in [0.5, 0.6) is 0 Å². The summed E-state index contributed by atoms with van der Waals surface area (Å²) in [7, 11) is 1.87. The predicted octanol–water partition coefficient (Wildman–Crippen LogP) is 4.16. The van der Waals surface area contributed by atoms with Crippen molar-refractivity contribution < 1.29 is 0 Å². The maximum Gasteiger partial charge on any atom is 0.132 e. The van der Waals surface area contributed by atoms with Crippen LogP contribution in [0.2, 0.25) is 0 Å². The van der Waals surface area contributed by atoms with E-state index in [-0.39, 0.29) is 0 Å². The number of rotatable bonds is 3. The molecule has 3 rings (SSSR count). The Morgan fingerprint density at radius 1 is 0.762 bits per heavy atom. The van der Waals surface area contributed by atoms with Crippen LogP contribution in [0, 0.1) is 6.92 Å². The van der Waals surface area contributed by atoms with Crippen LogP contribution in [-0.4, -0.2) is 17.0 Å². The van der Waals surface area contributed by atoms with E-state index < -0.39 is 0 Å². The number of hydrogen-bond donors (Lipinski definition) is 1. The number of hydrogen-bond acceptors (Lipinski definition) is 3. The van der Waals surface area contributed by atoms with Crippen molar-refractivity contribution in [3.05, 3.63) is 66.5 Å². The van der Waals surface area contributed by atoms with Gasteiger partial charge in [0.05, 0.1) is 5.69 Å². The van der Waals surface area contributed by atoms with Gasteiger partial charge in [-0.1, -0.05) is 54.6 Å². The molecule has 3 heteroatoms. The van der Waals surface area contributed by atoms with E-state index in [4.69, 9.17) is 0 Å². The molecule has 0 amide bonds. The highest BCUT2D eigenvalue weighted by Gasteiger charge is 2.08. The second kappa shape index (κ2) is 5.75. The molecule has 0 spiro atoms. The van der Waals surface area contributed by atoms with Crippen molar-refractivity contribution in [1.82, 2.24) is 9.97 Å². The molecule has 21 heavy (non-hydrogen) atoms. The van der Waals surface area contributed by atoms with Crippen LogP contribution < -0.4 is 5.32 Å². The van der Waals surface area contributed by atoms with Gasteiger partial charge in [0.1, 0.15) is 12.1 Å². The lowest BCUT2D eigenvalue weighted by Gasteiger charge is -2.09. The molecule has 1 N–H and O–H groups in total. The Labute approximate surface area is 124 Å². The summed E-state index contributed by atoms with van der Waals surface area (Å²) in [5.41, 5.74) is 5.56. The number of benzene rings is 2. The van der Waals surface area contributed by atoms with E-state index in [0.29, 0.717) is 0 Å². The monoisotopic (exact) mass is 275 g/mol. The molecule has 2 aromatic carbocycles. The van der Waals surface area contributed by atoms with Crippen LogP contribution in [0.25, 0.3) is 22.4 Å². The summed E-state index contributed by atoms with van der Waals surface area (Å²) in [6, 6.07) is 18.8. The minimum atomic E-state index is 0.868. The molecule has 0 saturated heterocycles. The van der Waals surface area contributed by atoms with Crippen molar-refractivity contribution in [3.8, 4) is 22.4 Å². The fourth-order valence-electron chi connectivity index (χ4n) is 2.44. The summed E-state index contributed by atoms with van der Waals surface area (Å²) in [5, 5.41) is 3.09. The minimum absolute atomic E-state index is 0.868. The molecule has 3 aromatic rings. The third kappa shape index (κ3) is 2.63. The Morgan fingerprint density at radius 3 is 2.05 bits per heavy atom. The Balaban J connectivity index is 1.99. The number of aromatic nitrogens is 2. The van der Waals surface area contributed by atoms with Gasteiger partial charge >= 0.3 is 0 Å². The molecule has 0 fully saturated rings. The van der Waals surface area contributed by atoms with Crippen LogP contribution >= 0.6 is 0 Å². The average molecular weight is 275 g/mol. The fraction of sp³-hybridized carbons (Fsp3) is 0.111. The SMILES string of the molecule is CNc1ncnc(-c2ccc(-c3ccccc3)cc2)c1C. The molecular weight excluding hydrogens is 258 g/mol. The fourth-order valence-corrected chi connectivity index (χ4v) is 2.44. The number of nitrogens with one attached hydrogen (secondary N) is 1. The van der Waals surface area contributed by atoms with E-state index in [2.05, 4.69) is 63.8 Å². The maximum absolute atomic E-state index is 4.41. The molecule has 0 unspecified atom stereocenters. The van der Waals surface area contributed by atoms with Gasteiger partial charge in [0.15, 0.2) is 0 Å². The Kier molecular flexibility index (Phi) is 3.65. The van der Waals surface area contributed by atoms with Gasteiger partial charge in [-0.3, -0.25) is 0 Å². The van der Waals surface area contributed by atoms with Gasteiger partial charge in [0.2, 0.25) is 0 Å². The molecular formula is C18H17N3. The number of anilines is 1. The van der Waals surface area contributed by atoms with Gasteiger partial charge in [0.25, 0.3) is 0 Å². The predicted molar refractivity (Wildman–Crippen MR) is 87.2 cm³/mol. The van der Waals surface area contributed by atoms with Crippen molar-refractivity contribution in [1.29, 1.82) is 0 Å². The second-order valence-electron chi connectivity index (χ2n) is 4.89. The average Bonchev–Trinajstić information content (AvgIpc) is 2.56. The first kappa shape index (κ1) is 13.3. The first-order chi connectivity index (χ1) is 10.3. The van der Waals surface area contributed by atoms with E-state index in [1.54, 1.807) is 6.33 Å². The molecule has 0 aliphatic rings. The highest BCUT2D eigenvalue weighted by atomic mass is 15.0. The maximum atomic E-state index is 4.41. The Hall–Kier alpha value is -2.68. The van der Waals surface area contributed by atoms with E-state index in [1.165, 1.54) is 11.1 Å². The van der Waals surface area contributed by atoms with Gasteiger partial charge in [-0.25, -0.2) is 9.97 Å². The lowest BCUT2D eigenvalue weighted by atomic mass is 10.0.